The number of hydrogen-bond acceptors (Lipinski definition) is 2. The molecule has 0 aromatic carbocycles. The molecule has 0 radical (unpaired) electrons. The lowest BCUT2D eigenvalue weighted by molar-refractivity contribution is -0.142. The summed E-state index contributed by atoms with van der Waals surface area (Å²) in [6.45, 7) is 0.775. The van der Waals surface area contributed by atoms with Crippen LogP contribution in [0.1, 0.15) is 30.1 Å². The van der Waals surface area contributed by atoms with Crippen LogP contribution in [-0.2, 0) is 6.18 Å². The van der Waals surface area contributed by atoms with Crippen LogP contribution in [0.4, 0.5) is 13.2 Å². The van der Waals surface area contributed by atoms with Crippen LogP contribution in [0.2, 0.25) is 0 Å². The van der Waals surface area contributed by atoms with Gasteiger partial charge >= 0.3 is 6.18 Å². The highest BCUT2D eigenvalue weighted by Gasteiger charge is 2.37. The molecule has 1 N–H and O–H groups in total. The number of alkyl halides is 3. The van der Waals surface area contributed by atoms with Gasteiger partial charge in [0.15, 0.2) is 0 Å². The SMILES string of the molecule is FC(F)(F)c1ncccc1[C@H]1CCCN1. The van der Waals surface area contributed by atoms with E-state index in [-0.39, 0.29) is 11.6 Å². The van der Waals surface area contributed by atoms with E-state index in [9.17, 15) is 13.2 Å². The van der Waals surface area contributed by atoms with E-state index in [4.69, 9.17) is 0 Å². The summed E-state index contributed by atoms with van der Waals surface area (Å²) in [5.41, 5.74) is -0.494. The lowest BCUT2D eigenvalue weighted by atomic mass is 10.0. The van der Waals surface area contributed by atoms with Gasteiger partial charge in [-0.3, -0.25) is 4.98 Å². The summed E-state index contributed by atoms with van der Waals surface area (Å²) >= 11 is 0. The second-order valence-corrected chi connectivity index (χ2v) is 3.59. The molecule has 0 saturated carbocycles. The number of aromatic nitrogens is 1. The fourth-order valence-electron chi connectivity index (χ4n) is 1.89. The van der Waals surface area contributed by atoms with Crippen molar-refractivity contribution in [3.63, 3.8) is 0 Å². The largest absolute Gasteiger partial charge is 0.433 e. The molecular formula is C10H11F3N2. The first-order valence-electron chi connectivity index (χ1n) is 4.84. The van der Waals surface area contributed by atoms with E-state index >= 15 is 0 Å². The molecule has 0 unspecified atom stereocenters. The summed E-state index contributed by atoms with van der Waals surface area (Å²) in [4.78, 5) is 3.43. The standard InChI is InChI=1S/C10H11F3N2/c11-10(12,13)9-7(3-1-6-15-9)8-4-2-5-14-8/h1,3,6,8,14H,2,4-5H2/t8-/m1/s1. The fourth-order valence-corrected chi connectivity index (χ4v) is 1.89. The van der Waals surface area contributed by atoms with Gasteiger partial charge in [-0.2, -0.15) is 13.2 Å². The number of hydrogen-bond donors (Lipinski definition) is 1. The van der Waals surface area contributed by atoms with Crippen molar-refractivity contribution in [2.75, 3.05) is 6.54 Å². The zero-order valence-corrected chi connectivity index (χ0v) is 8.01. The van der Waals surface area contributed by atoms with Crippen LogP contribution in [0.3, 0.4) is 0 Å². The quantitative estimate of drug-likeness (QED) is 0.780. The maximum absolute atomic E-state index is 12.6. The Hall–Kier alpha value is -1.10. The van der Waals surface area contributed by atoms with E-state index in [0.717, 1.165) is 19.4 Å². The first kappa shape index (κ1) is 10.4. The molecule has 2 heterocycles. The Kier molecular flexibility index (Phi) is 2.65. The zero-order chi connectivity index (χ0) is 10.9. The molecule has 0 amide bonds. The van der Waals surface area contributed by atoms with E-state index in [1.165, 1.54) is 12.3 Å². The van der Waals surface area contributed by atoms with Gasteiger partial charge in [-0.25, -0.2) is 0 Å². The molecule has 5 heteroatoms. The molecule has 1 fully saturated rings. The minimum atomic E-state index is -4.36. The molecular weight excluding hydrogens is 205 g/mol. The third kappa shape index (κ3) is 2.12. The van der Waals surface area contributed by atoms with Crippen molar-refractivity contribution >= 4 is 0 Å². The average molecular weight is 216 g/mol. The normalized spacial score (nSPS) is 21.9. The predicted octanol–water partition coefficient (Wildman–Crippen LogP) is 2.52. The Bertz CT molecular complexity index is 343. The lowest BCUT2D eigenvalue weighted by Crippen LogP contribution is -2.19. The molecule has 2 nitrogen and oxygen atoms in total. The Morgan fingerprint density at radius 1 is 1.40 bits per heavy atom. The van der Waals surface area contributed by atoms with E-state index in [0.29, 0.717) is 0 Å². The van der Waals surface area contributed by atoms with Crippen LogP contribution in [0.25, 0.3) is 0 Å². The third-order valence-corrected chi connectivity index (χ3v) is 2.54. The summed E-state index contributed by atoms with van der Waals surface area (Å²) in [5.74, 6) is 0. The maximum atomic E-state index is 12.6. The molecule has 1 atom stereocenters. The van der Waals surface area contributed by atoms with Crippen molar-refractivity contribution in [2.45, 2.75) is 25.1 Å². The fraction of sp³-hybridized carbons (Fsp3) is 0.500. The highest BCUT2D eigenvalue weighted by atomic mass is 19.4. The van der Waals surface area contributed by atoms with Gasteiger partial charge in [-0.1, -0.05) is 6.07 Å². The van der Waals surface area contributed by atoms with E-state index in [1.807, 2.05) is 0 Å². The number of nitrogens with zero attached hydrogens (tertiary/aromatic N) is 1. The van der Waals surface area contributed by atoms with Crippen molar-refractivity contribution in [3.05, 3.63) is 29.6 Å². The van der Waals surface area contributed by atoms with Crippen LogP contribution in [0.15, 0.2) is 18.3 Å². The number of nitrogens with one attached hydrogen (secondary N) is 1. The second-order valence-electron chi connectivity index (χ2n) is 3.59. The van der Waals surface area contributed by atoms with Crippen LogP contribution < -0.4 is 5.32 Å². The number of rotatable bonds is 1. The van der Waals surface area contributed by atoms with Crippen molar-refractivity contribution < 1.29 is 13.2 Å². The molecule has 1 aromatic heterocycles. The molecule has 82 valence electrons. The summed E-state index contributed by atoms with van der Waals surface area (Å²) in [5, 5.41) is 3.05. The Labute approximate surface area is 85.5 Å². The van der Waals surface area contributed by atoms with Gasteiger partial charge in [0.05, 0.1) is 0 Å². The zero-order valence-electron chi connectivity index (χ0n) is 8.01. The summed E-state index contributed by atoms with van der Waals surface area (Å²) in [6, 6.07) is 2.85. The smallest absolute Gasteiger partial charge is 0.310 e. The molecule has 1 aromatic rings. The summed E-state index contributed by atoms with van der Waals surface area (Å²) in [7, 11) is 0. The topological polar surface area (TPSA) is 24.9 Å². The predicted molar refractivity (Wildman–Crippen MR) is 49.2 cm³/mol. The minimum absolute atomic E-state index is 0.199. The van der Waals surface area contributed by atoms with Crippen molar-refractivity contribution in [3.8, 4) is 0 Å². The highest BCUT2D eigenvalue weighted by molar-refractivity contribution is 5.26. The van der Waals surface area contributed by atoms with Gasteiger partial charge in [-0.05, 0) is 31.0 Å². The monoisotopic (exact) mass is 216 g/mol. The van der Waals surface area contributed by atoms with Gasteiger partial charge in [0.25, 0.3) is 0 Å². The van der Waals surface area contributed by atoms with E-state index < -0.39 is 11.9 Å². The lowest BCUT2D eigenvalue weighted by Gasteiger charge is -2.16. The van der Waals surface area contributed by atoms with E-state index in [1.54, 1.807) is 6.07 Å². The first-order valence-corrected chi connectivity index (χ1v) is 4.84. The maximum Gasteiger partial charge on any atom is 0.433 e. The molecule has 0 aliphatic carbocycles. The first-order chi connectivity index (χ1) is 7.09. The third-order valence-electron chi connectivity index (χ3n) is 2.54. The highest BCUT2D eigenvalue weighted by Crippen LogP contribution is 2.35. The number of pyridine rings is 1. The Morgan fingerprint density at radius 3 is 2.80 bits per heavy atom. The van der Waals surface area contributed by atoms with Crippen molar-refractivity contribution in [2.24, 2.45) is 0 Å². The van der Waals surface area contributed by atoms with Gasteiger partial charge in [0, 0.05) is 12.2 Å². The van der Waals surface area contributed by atoms with Gasteiger partial charge in [-0.15, -0.1) is 0 Å². The van der Waals surface area contributed by atoms with Crippen LogP contribution in [0.5, 0.6) is 0 Å². The molecule has 1 aliphatic heterocycles. The van der Waals surface area contributed by atoms with Crippen LogP contribution >= 0.6 is 0 Å². The minimum Gasteiger partial charge on any atom is -0.310 e. The summed E-state index contributed by atoms with van der Waals surface area (Å²) < 4.78 is 37.8. The molecule has 1 saturated heterocycles. The Morgan fingerprint density at radius 2 is 2.20 bits per heavy atom. The molecule has 2 rings (SSSR count). The summed E-state index contributed by atoms with van der Waals surface area (Å²) in [6.07, 6.45) is -1.52. The van der Waals surface area contributed by atoms with Crippen LogP contribution in [0, 0.1) is 0 Å². The Balaban J connectivity index is 2.37. The molecule has 1 aliphatic rings. The molecule has 0 spiro atoms. The van der Waals surface area contributed by atoms with Crippen molar-refractivity contribution in [1.29, 1.82) is 0 Å². The van der Waals surface area contributed by atoms with Gasteiger partial charge < -0.3 is 5.32 Å². The molecule has 0 bridgehead atoms. The van der Waals surface area contributed by atoms with Gasteiger partial charge in [0.2, 0.25) is 0 Å². The van der Waals surface area contributed by atoms with Crippen molar-refractivity contribution in [1.82, 2.24) is 10.3 Å². The van der Waals surface area contributed by atoms with E-state index in [2.05, 4.69) is 10.3 Å². The average Bonchev–Trinajstić information content (AvgIpc) is 2.69. The van der Waals surface area contributed by atoms with Gasteiger partial charge in [0.1, 0.15) is 5.69 Å². The number of halogens is 3. The van der Waals surface area contributed by atoms with Crippen LogP contribution in [-0.4, -0.2) is 11.5 Å². The molecule has 15 heavy (non-hydrogen) atoms. The second kappa shape index (κ2) is 3.81.